The van der Waals surface area contributed by atoms with E-state index in [2.05, 4.69) is 7.05 Å². The molecule has 4 atom stereocenters. The fourth-order valence-electron chi connectivity index (χ4n) is 3.33. The van der Waals surface area contributed by atoms with Gasteiger partial charge < -0.3 is 14.7 Å². The highest BCUT2D eigenvalue weighted by atomic mass is 16.5. The molecule has 1 aromatic rings. The Kier molecular flexibility index (Phi) is 5.76. The van der Waals surface area contributed by atoms with Crippen LogP contribution in [0.25, 0.3) is 0 Å². The van der Waals surface area contributed by atoms with Gasteiger partial charge in [0, 0.05) is 12.8 Å². The number of aliphatic hydroxyl groups is 1. The molecule has 21 heavy (non-hydrogen) atoms. The zero-order chi connectivity index (χ0) is 15.2. The molecule has 0 spiro atoms. The molecule has 1 fully saturated rings. The number of hydrogen-bond acceptors (Lipinski definition) is 3. The van der Waals surface area contributed by atoms with Crippen molar-refractivity contribution in [2.45, 2.75) is 50.3 Å². The van der Waals surface area contributed by atoms with Crippen LogP contribution in [0.3, 0.4) is 0 Å². The fourth-order valence-corrected chi connectivity index (χ4v) is 3.33. The molecular formula is C17H26NO3+. The summed E-state index contributed by atoms with van der Waals surface area (Å²) in [5, 5.41) is 10.4. The lowest BCUT2D eigenvalue weighted by Crippen LogP contribution is -3.17. The number of methoxy groups -OCH3 is 1. The zero-order valence-corrected chi connectivity index (χ0v) is 12.9. The number of quaternary nitrogens is 1. The molecule has 1 aliphatic rings. The summed E-state index contributed by atoms with van der Waals surface area (Å²) >= 11 is 0. The summed E-state index contributed by atoms with van der Waals surface area (Å²) < 4.78 is 4.79. The molecule has 0 aromatic heterocycles. The minimum Gasteiger partial charge on any atom is -0.469 e. The minimum absolute atomic E-state index is 0.136. The van der Waals surface area contributed by atoms with E-state index in [0.717, 1.165) is 31.2 Å². The van der Waals surface area contributed by atoms with E-state index < -0.39 is 6.10 Å². The third-order valence-electron chi connectivity index (χ3n) is 4.73. The Balaban J connectivity index is 1.94. The molecule has 0 radical (unpaired) electrons. The quantitative estimate of drug-likeness (QED) is 0.799. The van der Waals surface area contributed by atoms with Crippen molar-refractivity contribution in [1.82, 2.24) is 0 Å². The Morgan fingerprint density at radius 1 is 1.33 bits per heavy atom. The number of aliphatic hydroxyl groups excluding tert-OH is 1. The van der Waals surface area contributed by atoms with E-state index in [4.69, 9.17) is 4.74 Å². The molecule has 2 N–H and O–H groups in total. The van der Waals surface area contributed by atoms with E-state index in [1.54, 1.807) is 0 Å². The maximum absolute atomic E-state index is 11.5. The van der Waals surface area contributed by atoms with Gasteiger partial charge in [-0.15, -0.1) is 0 Å². The van der Waals surface area contributed by atoms with E-state index in [0.29, 0.717) is 18.5 Å². The molecule has 1 aromatic carbocycles. The predicted molar refractivity (Wildman–Crippen MR) is 81.0 cm³/mol. The molecule has 2 rings (SSSR count). The van der Waals surface area contributed by atoms with Crippen LogP contribution in [0.5, 0.6) is 0 Å². The highest BCUT2D eigenvalue weighted by molar-refractivity contribution is 5.69. The highest BCUT2D eigenvalue weighted by Crippen LogP contribution is 2.21. The van der Waals surface area contributed by atoms with Crippen molar-refractivity contribution in [2.24, 2.45) is 0 Å². The Morgan fingerprint density at radius 2 is 2.00 bits per heavy atom. The summed E-state index contributed by atoms with van der Waals surface area (Å²) in [4.78, 5) is 12.8. The summed E-state index contributed by atoms with van der Waals surface area (Å²) in [6, 6.07) is 10.5. The first-order valence-corrected chi connectivity index (χ1v) is 7.75. The van der Waals surface area contributed by atoms with Gasteiger partial charge in [0.2, 0.25) is 0 Å². The average molecular weight is 292 g/mol. The van der Waals surface area contributed by atoms with E-state index in [-0.39, 0.29) is 5.97 Å². The van der Waals surface area contributed by atoms with Crippen molar-refractivity contribution in [3.8, 4) is 0 Å². The zero-order valence-electron chi connectivity index (χ0n) is 12.9. The molecule has 116 valence electrons. The topological polar surface area (TPSA) is 51.0 Å². The smallest absolute Gasteiger partial charge is 0.311 e. The number of likely N-dealkylation sites (tertiary alicyclic amines) is 1. The molecule has 4 nitrogen and oxygen atoms in total. The van der Waals surface area contributed by atoms with E-state index in [1.807, 2.05) is 30.3 Å². The van der Waals surface area contributed by atoms with Gasteiger partial charge in [0.25, 0.3) is 0 Å². The lowest BCUT2D eigenvalue weighted by atomic mass is 9.90. The SMILES string of the molecule is COC(=O)CC1CCCC(CC(O)c2ccccc2)[NH+]1C. The highest BCUT2D eigenvalue weighted by Gasteiger charge is 2.34. The van der Waals surface area contributed by atoms with Crippen LogP contribution in [-0.4, -0.2) is 37.3 Å². The fraction of sp³-hybridized carbons (Fsp3) is 0.588. The van der Waals surface area contributed by atoms with Crippen LogP contribution in [0.2, 0.25) is 0 Å². The van der Waals surface area contributed by atoms with Crippen molar-refractivity contribution in [3.05, 3.63) is 35.9 Å². The maximum Gasteiger partial charge on any atom is 0.311 e. The van der Waals surface area contributed by atoms with Crippen molar-refractivity contribution < 1.29 is 19.5 Å². The summed E-state index contributed by atoms with van der Waals surface area (Å²) in [5.41, 5.74) is 0.973. The summed E-state index contributed by atoms with van der Waals surface area (Å²) in [6.45, 7) is 0. The van der Waals surface area contributed by atoms with Gasteiger partial charge in [-0.2, -0.15) is 0 Å². The summed E-state index contributed by atoms with van der Waals surface area (Å²) in [7, 11) is 3.58. The number of hydrogen-bond donors (Lipinski definition) is 2. The Bertz CT molecular complexity index is 449. The second-order valence-electron chi connectivity index (χ2n) is 6.01. The van der Waals surface area contributed by atoms with Gasteiger partial charge in [-0.25, -0.2) is 0 Å². The van der Waals surface area contributed by atoms with Crippen LogP contribution in [0.1, 0.15) is 43.8 Å². The number of piperidine rings is 1. The first-order valence-electron chi connectivity index (χ1n) is 7.75. The first-order chi connectivity index (χ1) is 10.1. The summed E-state index contributed by atoms with van der Waals surface area (Å²) in [5.74, 6) is -0.136. The first kappa shape index (κ1) is 16.0. The predicted octanol–water partition coefficient (Wildman–Crippen LogP) is 1.11. The second kappa shape index (κ2) is 7.57. The van der Waals surface area contributed by atoms with Crippen LogP contribution >= 0.6 is 0 Å². The van der Waals surface area contributed by atoms with Crippen LogP contribution in [-0.2, 0) is 9.53 Å². The van der Waals surface area contributed by atoms with Crippen LogP contribution in [0.15, 0.2) is 30.3 Å². The normalized spacial score (nSPS) is 27.1. The third kappa shape index (κ3) is 4.29. The van der Waals surface area contributed by atoms with Gasteiger partial charge in [0.15, 0.2) is 0 Å². The standard InChI is InChI=1S/C17H25NO3/c1-18-14(9-6-10-15(18)12-17(20)21-2)11-16(19)13-7-4-3-5-8-13/h3-5,7-8,14-16,19H,6,9-12H2,1-2H3/p+1. The molecule has 1 heterocycles. The van der Waals surface area contributed by atoms with Crippen molar-refractivity contribution >= 4 is 5.97 Å². The number of carbonyl (C=O) groups is 1. The van der Waals surface area contributed by atoms with Crippen LogP contribution in [0, 0.1) is 0 Å². The summed E-state index contributed by atoms with van der Waals surface area (Å²) in [6.07, 6.45) is 4.06. The molecule has 1 aliphatic heterocycles. The number of benzene rings is 1. The van der Waals surface area contributed by atoms with Gasteiger partial charge in [-0.05, 0) is 18.4 Å². The van der Waals surface area contributed by atoms with E-state index in [9.17, 15) is 9.90 Å². The molecule has 4 unspecified atom stereocenters. The number of carbonyl (C=O) groups excluding carboxylic acids is 1. The van der Waals surface area contributed by atoms with E-state index >= 15 is 0 Å². The lowest BCUT2D eigenvalue weighted by Gasteiger charge is -2.37. The minimum atomic E-state index is -0.428. The van der Waals surface area contributed by atoms with Gasteiger partial charge in [-0.1, -0.05) is 30.3 Å². The van der Waals surface area contributed by atoms with Crippen LogP contribution in [0.4, 0.5) is 0 Å². The lowest BCUT2D eigenvalue weighted by molar-refractivity contribution is -0.937. The van der Waals surface area contributed by atoms with Gasteiger partial charge >= 0.3 is 5.97 Å². The molecule has 0 bridgehead atoms. The van der Waals surface area contributed by atoms with Crippen LogP contribution < -0.4 is 4.90 Å². The molecule has 4 heteroatoms. The third-order valence-corrected chi connectivity index (χ3v) is 4.73. The number of esters is 1. The Labute approximate surface area is 126 Å². The molecular weight excluding hydrogens is 266 g/mol. The molecule has 0 saturated carbocycles. The van der Waals surface area contributed by atoms with Gasteiger partial charge in [0.1, 0.15) is 0 Å². The monoisotopic (exact) mass is 292 g/mol. The van der Waals surface area contributed by atoms with Crippen molar-refractivity contribution in [1.29, 1.82) is 0 Å². The molecule has 0 amide bonds. The number of ether oxygens (including phenoxy) is 1. The van der Waals surface area contributed by atoms with Crippen molar-refractivity contribution in [3.63, 3.8) is 0 Å². The van der Waals surface area contributed by atoms with Crippen molar-refractivity contribution in [2.75, 3.05) is 14.2 Å². The van der Waals surface area contributed by atoms with E-state index in [1.165, 1.54) is 12.0 Å². The van der Waals surface area contributed by atoms with Gasteiger partial charge in [-0.3, -0.25) is 4.79 Å². The number of nitrogens with one attached hydrogen (secondary N) is 1. The number of rotatable bonds is 5. The largest absolute Gasteiger partial charge is 0.469 e. The molecule has 1 saturated heterocycles. The Morgan fingerprint density at radius 3 is 2.67 bits per heavy atom. The maximum atomic E-state index is 11.5. The average Bonchev–Trinajstić information content (AvgIpc) is 2.52. The van der Waals surface area contributed by atoms with Gasteiger partial charge in [0.05, 0.1) is 38.8 Å². The Hall–Kier alpha value is -1.39. The second-order valence-corrected chi connectivity index (χ2v) is 6.01. The molecule has 0 aliphatic carbocycles.